The Morgan fingerprint density at radius 1 is 1.18 bits per heavy atom. The minimum atomic E-state index is -1.86. The lowest BCUT2D eigenvalue weighted by Crippen LogP contribution is -2.47. The van der Waals surface area contributed by atoms with E-state index >= 15 is 0 Å². The first-order valence-electron chi connectivity index (χ1n) is 13.0. The lowest BCUT2D eigenvalue weighted by Gasteiger charge is -2.31. The fraction of sp³-hybridized carbons (Fsp3) is 0.379. The predicted octanol–water partition coefficient (Wildman–Crippen LogP) is 2.47. The molecule has 9 nitrogen and oxygen atoms in total. The number of rotatable bonds is 7. The molecule has 1 saturated heterocycles. The Morgan fingerprint density at radius 3 is 2.63 bits per heavy atom. The second kappa shape index (κ2) is 8.80. The number of carbonyl (C=O) groups is 4. The fourth-order valence-corrected chi connectivity index (χ4v) is 5.87. The van der Waals surface area contributed by atoms with E-state index in [4.69, 9.17) is 4.74 Å². The van der Waals surface area contributed by atoms with E-state index in [0.717, 1.165) is 34.9 Å². The van der Waals surface area contributed by atoms with Crippen molar-refractivity contribution >= 4 is 23.8 Å². The van der Waals surface area contributed by atoms with Crippen LogP contribution in [0, 0.1) is 5.92 Å². The van der Waals surface area contributed by atoms with Crippen molar-refractivity contribution in [1.29, 1.82) is 0 Å². The standard InChI is InChI=1S/C29H29N3O6/c1-18(20-7-8-20)31(16-19-5-3-2-4-6-19)24(33)17-32-26(35)28(30-27(32)36)13-11-21-15-22(9-10-23(21)28)29(37)14-12-25(34)38-29/h2-6,9-10,12,14-15,18,20,37H,7-8,11,13,16-17H2,1H3,(H,30,36)/t18-,28?,29?/m0/s1. The van der Waals surface area contributed by atoms with Crippen LogP contribution in [0.25, 0.3) is 0 Å². The Balaban J connectivity index is 1.23. The molecule has 4 amide bonds. The van der Waals surface area contributed by atoms with E-state index in [1.165, 1.54) is 6.08 Å². The highest BCUT2D eigenvalue weighted by Crippen LogP contribution is 2.43. The summed E-state index contributed by atoms with van der Waals surface area (Å²) in [5, 5.41) is 13.5. The smallest absolute Gasteiger partial charge is 0.333 e. The van der Waals surface area contributed by atoms with Crippen LogP contribution in [-0.4, -0.2) is 51.3 Å². The number of imide groups is 1. The summed E-state index contributed by atoms with van der Waals surface area (Å²) in [6, 6.07) is 14.1. The summed E-state index contributed by atoms with van der Waals surface area (Å²) < 4.78 is 5.03. The van der Waals surface area contributed by atoms with E-state index in [9.17, 15) is 24.3 Å². The maximum Gasteiger partial charge on any atom is 0.333 e. The van der Waals surface area contributed by atoms with Crippen molar-refractivity contribution in [2.24, 2.45) is 5.92 Å². The van der Waals surface area contributed by atoms with Gasteiger partial charge in [-0.15, -0.1) is 0 Å². The Morgan fingerprint density at radius 2 is 1.95 bits per heavy atom. The third-order valence-corrected chi connectivity index (χ3v) is 8.23. The average molecular weight is 516 g/mol. The molecule has 2 aliphatic carbocycles. The molecule has 1 spiro atoms. The summed E-state index contributed by atoms with van der Waals surface area (Å²) in [7, 11) is 0. The van der Waals surface area contributed by atoms with Crippen LogP contribution in [0.2, 0.25) is 0 Å². The number of cyclic esters (lactones) is 1. The van der Waals surface area contributed by atoms with Crippen molar-refractivity contribution in [1.82, 2.24) is 15.1 Å². The number of aliphatic hydroxyl groups is 1. The molecular formula is C29H29N3O6. The van der Waals surface area contributed by atoms with Gasteiger partial charge in [-0.25, -0.2) is 9.59 Å². The number of ether oxygens (including phenoxy) is 1. The van der Waals surface area contributed by atoms with Gasteiger partial charge in [0.1, 0.15) is 12.1 Å². The Bertz CT molecular complexity index is 1370. The van der Waals surface area contributed by atoms with Gasteiger partial charge in [-0.3, -0.25) is 14.5 Å². The monoisotopic (exact) mass is 515 g/mol. The van der Waals surface area contributed by atoms with E-state index in [2.05, 4.69) is 5.32 Å². The van der Waals surface area contributed by atoms with Crippen LogP contribution in [0.3, 0.4) is 0 Å². The highest BCUT2D eigenvalue weighted by Gasteiger charge is 2.56. The van der Waals surface area contributed by atoms with Gasteiger partial charge in [-0.05, 0) is 67.4 Å². The minimum Gasteiger partial charge on any atom is -0.422 e. The molecule has 2 fully saturated rings. The molecule has 4 aliphatic rings. The SMILES string of the molecule is C[C@@H](C1CC1)N(Cc1ccccc1)C(=O)CN1C(=O)NC2(CCc3cc(C4(O)C=CC(=O)O4)ccc32)C1=O. The van der Waals surface area contributed by atoms with Crippen molar-refractivity contribution in [2.75, 3.05) is 6.54 Å². The number of nitrogens with one attached hydrogen (secondary N) is 1. The molecule has 2 heterocycles. The third-order valence-electron chi connectivity index (χ3n) is 8.23. The third kappa shape index (κ3) is 3.98. The molecule has 0 radical (unpaired) electrons. The van der Waals surface area contributed by atoms with Gasteiger partial charge >= 0.3 is 12.0 Å². The van der Waals surface area contributed by atoms with Crippen LogP contribution < -0.4 is 5.32 Å². The zero-order valence-corrected chi connectivity index (χ0v) is 21.1. The van der Waals surface area contributed by atoms with Crippen molar-refractivity contribution in [3.8, 4) is 0 Å². The lowest BCUT2D eigenvalue weighted by atomic mass is 9.90. The molecule has 3 atom stereocenters. The molecule has 2 N–H and O–H groups in total. The first-order valence-corrected chi connectivity index (χ1v) is 13.0. The molecule has 2 aromatic rings. The summed E-state index contributed by atoms with van der Waals surface area (Å²) >= 11 is 0. The van der Waals surface area contributed by atoms with Crippen molar-refractivity contribution in [2.45, 2.75) is 56.5 Å². The van der Waals surface area contributed by atoms with E-state index < -0.39 is 29.2 Å². The van der Waals surface area contributed by atoms with Crippen molar-refractivity contribution in [3.63, 3.8) is 0 Å². The highest BCUT2D eigenvalue weighted by atomic mass is 16.7. The number of amides is 4. The van der Waals surface area contributed by atoms with Crippen LogP contribution in [-0.2, 0) is 43.4 Å². The van der Waals surface area contributed by atoms with Crippen molar-refractivity contribution < 1.29 is 29.0 Å². The van der Waals surface area contributed by atoms with Crippen LogP contribution >= 0.6 is 0 Å². The molecule has 2 unspecified atom stereocenters. The van der Waals surface area contributed by atoms with E-state index in [1.807, 2.05) is 37.3 Å². The number of aryl methyl sites for hydroxylation is 1. The summed E-state index contributed by atoms with van der Waals surface area (Å²) in [5.41, 5.74) is 1.49. The minimum absolute atomic E-state index is 0.00704. The molecule has 2 aromatic carbocycles. The zero-order chi connectivity index (χ0) is 26.7. The molecule has 2 aliphatic heterocycles. The predicted molar refractivity (Wildman–Crippen MR) is 135 cm³/mol. The fourth-order valence-electron chi connectivity index (χ4n) is 5.87. The Kier molecular flexibility index (Phi) is 5.64. The van der Waals surface area contributed by atoms with Crippen LogP contribution in [0.5, 0.6) is 0 Å². The number of carbonyl (C=O) groups excluding carboxylic acids is 4. The number of esters is 1. The normalized spacial score (nSPS) is 26.5. The topological polar surface area (TPSA) is 116 Å². The first-order chi connectivity index (χ1) is 18.2. The van der Waals surface area contributed by atoms with Crippen molar-refractivity contribution in [3.05, 3.63) is 82.9 Å². The number of benzene rings is 2. The number of nitrogens with zero attached hydrogens (tertiary/aromatic N) is 2. The summed E-state index contributed by atoms with van der Waals surface area (Å²) in [4.78, 5) is 54.7. The van der Waals surface area contributed by atoms with Gasteiger partial charge in [0.15, 0.2) is 0 Å². The van der Waals surface area contributed by atoms with Gasteiger partial charge < -0.3 is 20.1 Å². The maximum atomic E-state index is 13.7. The second-order valence-corrected chi connectivity index (χ2v) is 10.6. The van der Waals surface area contributed by atoms with Gasteiger partial charge in [0, 0.05) is 24.2 Å². The second-order valence-electron chi connectivity index (χ2n) is 10.6. The number of hydrogen-bond donors (Lipinski definition) is 2. The average Bonchev–Trinajstić information content (AvgIpc) is 3.56. The summed E-state index contributed by atoms with van der Waals surface area (Å²) in [5.74, 6) is -2.78. The lowest BCUT2D eigenvalue weighted by molar-refractivity contribution is -0.181. The van der Waals surface area contributed by atoms with Crippen LogP contribution in [0.1, 0.15) is 48.4 Å². The molecule has 38 heavy (non-hydrogen) atoms. The molecule has 0 aromatic heterocycles. The molecule has 9 heteroatoms. The van der Waals surface area contributed by atoms with Gasteiger partial charge in [-0.2, -0.15) is 0 Å². The highest BCUT2D eigenvalue weighted by molar-refractivity contribution is 6.10. The summed E-state index contributed by atoms with van der Waals surface area (Å²) in [6.45, 7) is 2.12. The van der Waals surface area contributed by atoms with E-state index in [-0.39, 0.29) is 18.5 Å². The summed E-state index contributed by atoms with van der Waals surface area (Å²) in [6.07, 6.45) is 5.38. The van der Waals surface area contributed by atoms with Crippen LogP contribution in [0.4, 0.5) is 4.79 Å². The number of hydrogen-bond acceptors (Lipinski definition) is 6. The molecular weight excluding hydrogens is 486 g/mol. The molecule has 0 bridgehead atoms. The van der Waals surface area contributed by atoms with Gasteiger partial charge in [0.05, 0.1) is 0 Å². The van der Waals surface area contributed by atoms with E-state index in [0.29, 0.717) is 36.4 Å². The Labute approximate surface area is 220 Å². The van der Waals surface area contributed by atoms with Crippen LogP contribution in [0.15, 0.2) is 60.7 Å². The molecule has 6 rings (SSSR count). The number of fused-ring (bicyclic) bond motifs is 2. The van der Waals surface area contributed by atoms with Gasteiger partial charge in [-0.1, -0.05) is 42.5 Å². The largest absolute Gasteiger partial charge is 0.422 e. The molecule has 196 valence electrons. The Hall–Kier alpha value is -3.98. The maximum absolute atomic E-state index is 13.7. The number of urea groups is 1. The van der Waals surface area contributed by atoms with E-state index in [1.54, 1.807) is 23.1 Å². The first kappa shape index (κ1) is 24.4. The van der Waals surface area contributed by atoms with Gasteiger partial charge in [0.25, 0.3) is 11.7 Å². The zero-order valence-electron chi connectivity index (χ0n) is 21.1. The quantitative estimate of drug-likeness (QED) is 0.432. The molecule has 1 saturated carbocycles. The van der Waals surface area contributed by atoms with Gasteiger partial charge in [0.2, 0.25) is 5.91 Å².